The van der Waals surface area contributed by atoms with Gasteiger partial charge >= 0.3 is 11.9 Å². The van der Waals surface area contributed by atoms with Gasteiger partial charge in [-0.1, -0.05) is 0 Å². The molecule has 2 unspecified atom stereocenters. The number of carbonyl (C=O) groups is 2. The van der Waals surface area contributed by atoms with Crippen molar-refractivity contribution in [2.75, 3.05) is 5.73 Å². The van der Waals surface area contributed by atoms with Crippen molar-refractivity contribution in [2.45, 2.75) is 44.8 Å². The molecule has 136 valence electrons. The minimum Gasteiger partial charge on any atom is -0.456 e. The number of rotatable bonds is 4. The van der Waals surface area contributed by atoms with Gasteiger partial charge in [-0.2, -0.15) is 0 Å². The van der Waals surface area contributed by atoms with Crippen LogP contribution < -0.4 is 5.73 Å². The fourth-order valence-corrected chi connectivity index (χ4v) is 2.92. The second kappa shape index (κ2) is 6.97. The molecule has 1 aliphatic heterocycles. The van der Waals surface area contributed by atoms with E-state index in [2.05, 4.69) is 20.9 Å². The average molecular weight is 359 g/mol. The van der Waals surface area contributed by atoms with Gasteiger partial charge in [0.2, 0.25) is 0 Å². The summed E-state index contributed by atoms with van der Waals surface area (Å²) >= 11 is 0. The van der Waals surface area contributed by atoms with Crippen LogP contribution in [-0.4, -0.2) is 49.8 Å². The zero-order valence-corrected chi connectivity index (χ0v) is 14.2. The van der Waals surface area contributed by atoms with Crippen LogP contribution in [-0.2, 0) is 23.8 Å². The molecule has 3 heterocycles. The van der Waals surface area contributed by atoms with Crippen LogP contribution in [0.2, 0.25) is 0 Å². The van der Waals surface area contributed by atoms with E-state index in [0.717, 1.165) is 0 Å². The topological polar surface area (TPSA) is 131 Å². The van der Waals surface area contributed by atoms with Gasteiger partial charge in [0.1, 0.15) is 17.9 Å². The average Bonchev–Trinajstić information content (AvgIpc) is 3.12. The molecule has 10 nitrogen and oxygen atoms in total. The van der Waals surface area contributed by atoms with Crippen molar-refractivity contribution in [3.63, 3.8) is 0 Å². The van der Waals surface area contributed by atoms with Crippen LogP contribution in [0, 0.1) is 12.3 Å². The zero-order chi connectivity index (χ0) is 18.8. The lowest BCUT2D eigenvalue weighted by Gasteiger charge is -2.23. The molecule has 1 aliphatic rings. The second-order valence-electron chi connectivity index (χ2n) is 5.70. The molecular formula is C16H17N5O5. The largest absolute Gasteiger partial charge is 0.456 e. The number of nitrogen functional groups attached to an aromatic ring is 1. The molecule has 10 heteroatoms. The smallest absolute Gasteiger partial charge is 0.303 e. The molecule has 2 aromatic rings. The van der Waals surface area contributed by atoms with E-state index in [1.54, 1.807) is 4.57 Å². The number of anilines is 1. The number of carbonyl (C=O) groups excluding carboxylic acids is 2. The number of aromatic nitrogens is 4. The molecular weight excluding hydrogens is 342 g/mol. The normalized spacial score (nSPS) is 25.0. The third-order valence-corrected chi connectivity index (χ3v) is 3.87. The summed E-state index contributed by atoms with van der Waals surface area (Å²) in [6.45, 7) is 2.51. The highest BCUT2D eigenvalue weighted by Crippen LogP contribution is 2.36. The van der Waals surface area contributed by atoms with E-state index in [9.17, 15) is 9.59 Å². The molecule has 0 bridgehead atoms. The predicted octanol–water partition coefficient (Wildman–Crippen LogP) is 0.193. The lowest BCUT2D eigenvalue weighted by atomic mass is 10.1. The molecule has 1 saturated heterocycles. The molecule has 0 amide bonds. The Morgan fingerprint density at radius 1 is 1.27 bits per heavy atom. The lowest BCUT2D eigenvalue weighted by Crippen LogP contribution is -2.38. The first kappa shape index (κ1) is 17.6. The quantitative estimate of drug-likeness (QED) is 0.600. The Labute approximate surface area is 148 Å². The van der Waals surface area contributed by atoms with Crippen LogP contribution in [0.3, 0.4) is 0 Å². The van der Waals surface area contributed by atoms with E-state index < -0.39 is 36.5 Å². The maximum atomic E-state index is 11.6. The van der Waals surface area contributed by atoms with Crippen molar-refractivity contribution in [1.29, 1.82) is 0 Å². The minimum atomic E-state index is -0.927. The highest BCUT2D eigenvalue weighted by atomic mass is 16.6. The van der Waals surface area contributed by atoms with E-state index in [1.165, 1.54) is 26.5 Å². The Hall–Kier alpha value is -3.19. The summed E-state index contributed by atoms with van der Waals surface area (Å²) in [6.07, 6.45) is 4.98. The van der Waals surface area contributed by atoms with E-state index in [1.807, 2.05) is 0 Å². The first-order valence-electron chi connectivity index (χ1n) is 7.78. The molecule has 0 aromatic carbocycles. The van der Waals surface area contributed by atoms with Crippen molar-refractivity contribution < 1.29 is 23.8 Å². The summed E-state index contributed by atoms with van der Waals surface area (Å²) in [5.74, 6) is 1.58. The number of fused-ring (bicyclic) bond motifs is 1. The van der Waals surface area contributed by atoms with Crippen molar-refractivity contribution >= 4 is 28.9 Å². The minimum absolute atomic E-state index is 0.163. The van der Waals surface area contributed by atoms with E-state index in [4.69, 9.17) is 26.4 Å². The van der Waals surface area contributed by atoms with Gasteiger partial charge in [0, 0.05) is 20.3 Å². The molecule has 0 saturated carbocycles. The Morgan fingerprint density at radius 3 is 2.62 bits per heavy atom. The third kappa shape index (κ3) is 3.16. The molecule has 26 heavy (non-hydrogen) atoms. The van der Waals surface area contributed by atoms with Crippen LogP contribution in [0.1, 0.15) is 26.5 Å². The number of esters is 2. The van der Waals surface area contributed by atoms with E-state index in [-0.39, 0.29) is 12.2 Å². The highest BCUT2D eigenvalue weighted by molar-refractivity contribution is 5.81. The van der Waals surface area contributed by atoms with Crippen LogP contribution in [0.5, 0.6) is 0 Å². The van der Waals surface area contributed by atoms with Gasteiger partial charge in [-0.05, 0) is 0 Å². The lowest BCUT2D eigenvalue weighted by molar-refractivity contribution is -0.165. The number of hydrogen-bond acceptors (Lipinski definition) is 9. The Morgan fingerprint density at radius 2 is 1.96 bits per heavy atom. The Balaban J connectivity index is 2.05. The fraction of sp³-hybridized carbons (Fsp3) is 0.438. The first-order valence-corrected chi connectivity index (χ1v) is 7.78. The second-order valence-corrected chi connectivity index (χ2v) is 5.70. The summed E-state index contributed by atoms with van der Waals surface area (Å²) in [6, 6.07) is 0. The molecule has 1 fully saturated rings. The molecule has 0 radical (unpaired) electrons. The zero-order valence-electron chi connectivity index (χ0n) is 14.2. The van der Waals surface area contributed by atoms with Crippen molar-refractivity contribution in [1.82, 2.24) is 19.5 Å². The SMILES string of the molecule is C#CCC1O[C@@H](n2cnc3c(N)ncnc32)[C@H](OC(C)=O)C1OC(C)=O. The summed E-state index contributed by atoms with van der Waals surface area (Å²) in [4.78, 5) is 35.3. The van der Waals surface area contributed by atoms with Gasteiger partial charge in [0.15, 0.2) is 29.9 Å². The standard InChI is InChI=1S/C16H17N5O5/c1-4-5-10-12(24-8(2)22)13(25-9(3)23)16(26-10)21-7-20-11-14(17)18-6-19-15(11)21/h1,6-7,10,12-13,16H,5H2,2-3H3,(H2,17,18,19)/t10?,12?,13-,16-/m1/s1. The van der Waals surface area contributed by atoms with Gasteiger partial charge < -0.3 is 19.9 Å². The van der Waals surface area contributed by atoms with Crippen molar-refractivity contribution in [2.24, 2.45) is 0 Å². The number of nitrogens with zero attached hydrogens (tertiary/aromatic N) is 4. The number of nitrogens with two attached hydrogens (primary N) is 1. The van der Waals surface area contributed by atoms with Crippen molar-refractivity contribution in [3.8, 4) is 12.3 Å². The number of ether oxygens (including phenoxy) is 3. The Bertz CT molecular complexity index is 889. The van der Waals surface area contributed by atoms with Gasteiger partial charge in [-0.3, -0.25) is 14.2 Å². The molecule has 3 rings (SSSR count). The van der Waals surface area contributed by atoms with E-state index in [0.29, 0.717) is 11.2 Å². The third-order valence-electron chi connectivity index (χ3n) is 3.87. The maximum absolute atomic E-state index is 11.6. The van der Waals surface area contributed by atoms with Crippen LogP contribution in [0.15, 0.2) is 12.7 Å². The summed E-state index contributed by atoms with van der Waals surface area (Å²) < 4.78 is 18.2. The molecule has 0 aliphatic carbocycles. The van der Waals surface area contributed by atoms with Gasteiger partial charge in [-0.25, -0.2) is 15.0 Å². The van der Waals surface area contributed by atoms with Crippen LogP contribution >= 0.6 is 0 Å². The maximum Gasteiger partial charge on any atom is 0.303 e. The number of hydrogen-bond donors (Lipinski definition) is 1. The predicted molar refractivity (Wildman–Crippen MR) is 88.2 cm³/mol. The molecule has 4 atom stereocenters. The van der Waals surface area contributed by atoms with Crippen molar-refractivity contribution in [3.05, 3.63) is 12.7 Å². The Kier molecular flexibility index (Phi) is 4.73. The number of imidazole rings is 1. The highest BCUT2D eigenvalue weighted by Gasteiger charge is 2.50. The van der Waals surface area contributed by atoms with E-state index >= 15 is 0 Å². The van der Waals surface area contributed by atoms with Crippen LogP contribution in [0.25, 0.3) is 11.2 Å². The van der Waals surface area contributed by atoms with Gasteiger partial charge in [0.05, 0.1) is 6.33 Å². The fourth-order valence-electron chi connectivity index (χ4n) is 2.92. The summed E-state index contributed by atoms with van der Waals surface area (Å²) in [7, 11) is 0. The number of terminal acetylenes is 1. The first-order chi connectivity index (χ1) is 12.4. The molecule has 0 spiro atoms. The van der Waals surface area contributed by atoms with Crippen LogP contribution in [0.4, 0.5) is 5.82 Å². The monoisotopic (exact) mass is 359 g/mol. The molecule has 2 aromatic heterocycles. The summed E-state index contributed by atoms with van der Waals surface area (Å²) in [5.41, 5.74) is 6.57. The molecule has 2 N–H and O–H groups in total. The summed E-state index contributed by atoms with van der Waals surface area (Å²) in [5, 5.41) is 0. The van der Waals surface area contributed by atoms with Gasteiger partial charge in [-0.15, -0.1) is 12.3 Å². The van der Waals surface area contributed by atoms with Gasteiger partial charge in [0.25, 0.3) is 0 Å².